The van der Waals surface area contributed by atoms with E-state index in [1.807, 2.05) is 13.8 Å². The minimum Gasteiger partial charge on any atom is -0.461 e. The van der Waals surface area contributed by atoms with Crippen LogP contribution in [0, 0.1) is 0 Å². The largest absolute Gasteiger partial charge is 0.461 e. The van der Waals surface area contributed by atoms with Crippen molar-refractivity contribution in [3.05, 3.63) is 5.28 Å². The summed E-state index contributed by atoms with van der Waals surface area (Å²) in [6, 6.07) is 0.247. The summed E-state index contributed by atoms with van der Waals surface area (Å²) >= 11 is 5.85. The summed E-state index contributed by atoms with van der Waals surface area (Å²) in [6.07, 6.45) is 4.81. The van der Waals surface area contributed by atoms with Gasteiger partial charge in [0.25, 0.3) is 0 Å². The molecule has 0 aliphatic carbocycles. The first-order chi connectivity index (χ1) is 9.63. The van der Waals surface area contributed by atoms with Crippen molar-refractivity contribution in [3.63, 3.8) is 0 Å². The van der Waals surface area contributed by atoms with Gasteiger partial charge in [-0.25, -0.2) is 0 Å². The number of anilines is 1. The van der Waals surface area contributed by atoms with E-state index in [4.69, 9.17) is 21.1 Å². The van der Waals surface area contributed by atoms with Crippen molar-refractivity contribution >= 4 is 17.5 Å². The van der Waals surface area contributed by atoms with Crippen LogP contribution in [0.2, 0.25) is 5.28 Å². The Labute approximate surface area is 124 Å². The minimum atomic E-state index is -0.00282. The zero-order valence-electron chi connectivity index (χ0n) is 11.9. The molecule has 0 bridgehead atoms. The van der Waals surface area contributed by atoms with Gasteiger partial charge < -0.3 is 14.8 Å². The second-order valence-corrected chi connectivity index (χ2v) is 5.42. The predicted octanol–water partition coefficient (Wildman–Crippen LogP) is 2.68. The van der Waals surface area contributed by atoms with Gasteiger partial charge in [-0.15, -0.1) is 0 Å². The molecule has 1 aromatic heterocycles. The van der Waals surface area contributed by atoms with Crippen molar-refractivity contribution in [2.45, 2.75) is 51.7 Å². The monoisotopic (exact) mass is 300 g/mol. The van der Waals surface area contributed by atoms with Crippen LogP contribution in [0.1, 0.15) is 39.5 Å². The minimum absolute atomic E-state index is 0.00282. The molecule has 7 heteroatoms. The Morgan fingerprint density at radius 1 is 1.35 bits per heavy atom. The van der Waals surface area contributed by atoms with Crippen LogP contribution in [0.3, 0.4) is 0 Å². The number of hydrogen-bond acceptors (Lipinski definition) is 6. The summed E-state index contributed by atoms with van der Waals surface area (Å²) in [5, 5.41) is 3.27. The molecule has 0 amide bonds. The highest BCUT2D eigenvalue weighted by molar-refractivity contribution is 6.28. The molecule has 1 N–H and O–H groups in total. The number of ether oxygens (including phenoxy) is 2. The van der Waals surface area contributed by atoms with Crippen molar-refractivity contribution in [3.8, 4) is 6.01 Å². The van der Waals surface area contributed by atoms with E-state index in [2.05, 4.69) is 20.3 Å². The average Bonchev–Trinajstić information content (AvgIpc) is 2.38. The van der Waals surface area contributed by atoms with E-state index in [0.717, 1.165) is 26.0 Å². The van der Waals surface area contributed by atoms with Gasteiger partial charge >= 0.3 is 6.01 Å². The van der Waals surface area contributed by atoms with E-state index in [0.29, 0.717) is 12.1 Å². The third-order valence-corrected chi connectivity index (χ3v) is 3.12. The number of aromatic nitrogens is 3. The maximum atomic E-state index is 5.85. The molecule has 2 rings (SSSR count). The fraction of sp³-hybridized carbons (Fsp3) is 0.769. The normalized spacial score (nSPS) is 19.1. The van der Waals surface area contributed by atoms with Gasteiger partial charge in [-0.1, -0.05) is 0 Å². The zero-order valence-corrected chi connectivity index (χ0v) is 12.7. The lowest BCUT2D eigenvalue weighted by atomic mass is 10.1. The van der Waals surface area contributed by atoms with E-state index in [-0.39, 0.29) is 17.4 Å². The van der Waals surface area contributed by atoms with Gasteiger partial charge in [0, 0.05) is 13.2 Å². The number of rotatable bonds is 6. The molecule has 0 aromatic carbocycles. The van der Waals surface area contributed by atoms with Crippen molar-refractivity contribution in [2.24, 2.45) is 0 Å². The van der Waals surface area contributed by atoms with Gasteiger partial charge in [-0.2, -0.15) is 15.0 Å². The van der Waals surface area contributed by atoms with Crippen molar-refractivity contribution in [2.75, 3.05) is 18.5 Å². The quantitative estimate of drug-likeness (QED) is 0.871. The van der Waals surface area contributed by atoms with E-state index in [9.17, 15) is 0 Å². The summed E-state index contributed by atoms with van der Waals surface area (Å²) in [4.78, 5) is 12.1. The smallest absolute Gasteiger partial charge is 0.322 e. The predicted molar refractivity (Wildman–Crippen MR) is 77.3 cm³/mol. The topological polar surface area (TPSA) is 69.2 Å². The Bertz CT molecular complexity index is 425. The molecule has 0 spiro atoms. The number of hydrogen-bond donors (Lipinski definition) is 1. The van der Waals surface area contributed by atoms with E-state index >= 15 is 0 Å². The number of nitrogens with one attached hydrogen (secondary N) is 1. The number of nitrogens with zero attached hydrogens (tertiary/aromatic N) is 3. The van der Waals surface area contributed by atoms with Gasteiger partial charge in [-0.3, -0.25) is 0 Å². The summed E-state index contributed by atoms with van der Waals surface area (Å²) in [5.74, 6) is 0.441. The molecule has 112 valence electrons. The second-order valence-electron chi connectivity index (χ2n) is 5.08. The Morgan fingerprint density at radius 2 is 2.20 bits per heavy atom. The van der Waals surface area contributed by atoms with Gasteiger partial charge in [-0.05, 0) is 51.1 Å². The molecule has 2 heterocycles. The van der Waals surface area contributed by atoms with E-state index < -0.39 is 0 Å². The van der Waals surface area contributed by atoms with Crippen LogP contribution in [0.5, 0.6) is 6.01 Å². The molecular formula is C13H21ClN4O2. The SMILES string of the molecule is CC(C)Oc1nc(Cl)nc(NCCC2CCCCO2)n1. The Kier molecular flexibility index (Phi) is 5.79. The van der Waals surface area contributed by atoms with Crippen LogP contribution in [-0.2, 0) is 4.74 Å². The van der Waals surface area contributed by atoms with Crippen molar-refractivity contribution < 1.29 is 9.47 Å². The molecule has 1 fully saturated rings. The molecule has 20 heavy (non-hydrogen) atoms. The first-order valence-corrected chi connectivity index (χ1v) is 7.45. The third kappa shape index (κ3) is 5.09. The van der Waals surface area contributed by atoms with Crippen molar-refractivity contribution in [1.82, 2.24) is 15.0 Å². The van der Waals surface area contributed by atoms with Crippen LogP contribution in [0.4, 0.5) is 5.95 Å². The fourth-order valence-corrected chi connectivity index (χ4v) is 2.21. The summed E-state index contributed by atoms with van der Waals surface area (Å²) in [6.45, 7) is 5.43. The molecule has 1 aromatic rings. The summed E-state index contributed by atoms with van der Waals surface area (Å²) < 4.78 is 11.1. The highest BCUT2D eigenvalue weighted by Crippen LogP contribution is 2.16. The van der Waals surface area contributed by atoms with Crippen LogP contribution in [-0.4, -0.2) is 40.3 Å². The van der Waals surface area contributed by atoms with Gasteiger partial charge in [0.1, 0.15) is 0 Å². The van der Waals surface area contributed by atoms with Gasteiger partial charge in [0.2, 0.25) is 11.2 Å². The molecule has 1 atom stereocenters. The third-order valence-electron chi connectivity index (χ3n) is 2.95. The van der Waals surface area contributed by atoms with Gasteiger partial charge in [0.05, 0.1) is 12.2 Å². The Morgan fingerprint density at radius 3 is 2.90 bits per heavy atom. The lowest BCUT2D eigenvalue weighted by molar-refractivity contribution is 0.0134. The van der Waals surface area contributed by atoms with Crippen molar-refractivity contribution in [1.29, 1.82) is 0 Å². The Hall–Kier alpha value is -1.14. The fourth-order valence-electron chi connectivity index (χ4n) is 2.05. The Balaban J connectivity index is 1.83. The first kappa shape index (κ1) is 15.3. The summed E-state index contributed by atoms with van der Waals surface area (Å²) in [7, 11) is 0. The standard InChI is InChI=1S/C13H21ClN4O2/c1-9(2)20-13-17-11(14)16-12(18-13)15-7-6-10-5-3-4-8-19-10/h9-10H,3-8H2,1-2H3,(H,15,16,17,18). The zero-order chi connectivity index (χ0) is 14.4. The maximum absolute atomic E-state index is 5.85. The van der Waals surface area contributed by atoms with E-state index in [1.165, 1.54) is 12.8 Å². The lowest BCUT2D eigenvalue weighted by Gasteiger charge is -2.22. The molecule has 1 saturated heterocycles. The molecule has 6 nitrogen and oxygen atoms in total. The molecule has 1 unspecified atom stereocenters. The highest BCUT2D eigenvalue weighted by Gasteiger charge is 2.14. The van der Waals surface area contributed by atoms with Crippen LogP contribution in [0.15, 0.2) is 0 Å². The molecule has 0 radical (unpaired) electrons. The van der Waals surface area contributed by atoms with Crippen LogP contribution < -0.4 is 10.1 Å². The molecule has 1 aliphatic rings. The van der Waals surface area contributed by atoms with Crippen LogP contribution in [0.25, 0.3) is 0 Å². The molecule has 1 aliphatic heterocycles. The first-order valence-electron chi connectivity index (χ1n) is 7.07. The highest BCUT2D eigenvalue weighted by atomic mass is 35.5. The average molecular weight is 301 g/mol. The van der Waals surface area contributed by atoms with Crippen LogP contribution >= 0.6 is 11.6 Å². The van der Waals surface area contributed by atoms with Gasteiger partial charge in [0.15, 0.2) is 0 Å². The molecule has 0 saturated carbocycles. The lowest BCUT2D eigenvalue weighted by Crippen LogP contribution is -2.22. The number of halogens is 1. The second kappa shape index (κ2) is 7.59. The van der Waals surface area contributed by atoms with E-state index in [1.54, 1.807) is 0 Å². The molecular weight excluding hydrogens is 280 g/mol. The maximum Gasteiger partial charge on any atom is 0.322 e. The summed E-state index contributed by atoms with van der Waals surface area (Å²) in [5.41, 5.74) is 0.